The summed E-state index contributed by atoms with van der Waals surface area (Å²) in [6.45, 7) is 5.90. The van der Waals surface area contributed by atoms with Gasteiger partial charge in [0.15, 0.2) is 0 Å². The fourth-order valence-electron chi connectivity index (χ4n) is 1.58. The summed E-state index contributed by atoms with van der Waals surface area (Å²) < 4.78 is 0. The van der Waals surface area contributed by atoms with Crippen molar-refractivity contribution in [1.29, 1.82) is 0 Å². The maximum absolute atomic E-state index is 8.66. The first-order valence-corrected chi connectivity index (χ1v) is 6.15. The van der Waals surface area contributed by atoms with Crippen LogP contribution in [0.4, 0.5) is 0 Å². The standard InChI is InChI=1S/C12H27NO/c1-3-4-5-6-7-10-13-12(2)9-8-11-14/h12-14H,3-11H2,1-2H3. The van der Waals surface area contributed by atoms with E-state index in [4.69, 9.17) is 5.11 Å². The van der Waals surface area contributed by atoms with Crippen molar-refractivity contribution in [3.63, 3.8) is 0 Å². The maximum atomic E-state index is 8.66. The highest BCUT2D eigenvalue weighted by atomic mass is 16.2. The molecular weight excluding hydrogens is 174 g/mol. The van der Waals surface area contributed by atoms with Gasteiger partial charge in [0.1, 0.15) is 0 Å². The molecule has 0 saturated heterocycles. The summed E-state index contributed by atoms with van der Waals surface area (Å²) in [4.78, 5) is 0. The molecule has 0 fully saturated rings. The highest BCUT2D eigenvalue weighted by molar-refractivity contribution is 4.60. The molecular formula is C12H27NO. The molecule has 0 rings (SSSR count). The van der Waals surface area contributed by atoms with E-state index in [0.717, 1.165) is 19.4 Å². The second-order valence-corrected chi connectivity index (χ2v) is 4.14. The Hall–Kier alpha value is -0.0800. The third-order valence-electron chi connectivity index (χ3n) is 2.57. The Morgan fingerprint density at radius 2 is 1.79 bits per heavy atom. The van der Waals surface area contributed by atoms with E-state index in [1.165, 1.54) is 32.1 Å². The molecule has 0 aliphatic heterocycles. The number of nitrogens with one attached hydrogen (secondary N) is 1. The highest BCUT2D eigenvalue weighted by Gasteiger charge is 1.99. The highest BCUT2D eigenvalue weighted by Crippen LogP contribution is 2.02. The average Bonchev–Trinajstić information content (AvgIpc) is 2.20. The van der Waals surface area contributed by atoms with Crippen LogP contribution >= 0.6 is 0 Å². The zero-order valence-corrected chi connectivity index (χ0v) is 9.89. The summed E-state index contributed by atoms with van der Waals surface area (Å²) in [7, 11) is 0. The maximum Gasteiger partial charge on any atom is 0.0431 e. The number of hydrogen-bond donors (Lipinski definition) is 2. The molecule has 0 aromatic rings. The molecule has 0 bridgehead atoms. The van der Waals surface area contributed by atoms with Gasteiger partial charge >= 0.3 is 0 Å². The van der Waals surface area contributed by atoms with Gasteiger partial charge in [0, 0.05) is 12.6 Å². The minimum Gasteiger partial charge on any atom is -0.396 e. The van der Waals surface area contributed by atoms with Crippen LogP contribution in [0.15, 0.2) is 0 Å². The van der Waals surface area contributed by atoms with Gasteiger partial charge in [-0.25, -0.2) is 0 Å². The van der Waals surface area contributed by atoms with E-state index in [-0.39, 0.29) is 0 Å². The van der Waals surface area contributed by atoms with Crippen LogP contribution in [0.5, 0.6) is 0 Å². The minimum atomic E-state index is 0.322. The monoisotopic (exact) mass is 201 g/mol. The Morgan fingerprint density at radius 3 is 2.43 bits per heavy atom. The fourth-order valence-corrected chi connectivity index (χ4v) is 1.58. The van der Waals surface area contributed by atoms with Gasteiger partial charge in [0.2, 0.25) is 0 Å². The van der Waals surface area contributed by atoms with Crippen molar-refractivity contribution in [2.24, 2.45) is 0 Å². The van der Waals surface area contributed by atoms with Crippen LogP contribution < -0.4 is 5.32 Å². The Bertz CT molecular complexity index is 106. The summed E-state index contributed by atoms with van der Waals surface area (Å²) in [5.41, 5.74) is 0. The van der Waals surface area contributed by atoms with Crippen LogP contribution in [0.2, 0.25) is 0 Å². The summed E-state index contributed by atoms with van der Waals surface area (Å²) in [6, 6.07) is 0.563. The number of hydrogen-bond acceptors (Lipinski definition) is 2. The molecule has 0 heterocycles. The lowest BCUT2D eigenvalue weighted by molar-refractivity contribution is 0.276. The zero-order chi connectivity index (χ0) is 10.6. The molecule has 0 radical (unpaired) electrons. The number of aliphatic hydroxyl groups excluding tert-OH is 1. The van der Waals surface area contributed by atoms with Crippen molar-refractivity contribution < 1.29 is 5.11 Å². The van der Waals surface area contributed by atoms with Crippen molar-refractivity contribution in [3.8, 4) is 0 Å². The van der Waals surface area contributed by atoms with Gasteiger partial charge < -0.3 is 10.4 Å². The quantitative estimate of drug-likeness (QED) is 0.533. The normalized spacial score (nSPS) is 13.1. The van der Waals surface area contributed by atoms with Gasteiger partial charge in [0.25, 0.3) is 0 Å². The Kier molecular flexibility index (Phi) is 10.9. The second-order valence-electron chi connectivity index (χ2n) is 4.14. The van der Waals surface area contributed by atoms with Crippen LogP contribution in [0, 0.1) is 0 Å². The summed E-state index contributed by atoms with van der Waals surface area (Å²) in [6.07, 6.45) is 8.73. The van der Waals surface area contributed by atoms with Crippen molar-refractivity contribution in [2.45, 2.75) is 64.8 Å². The molecule has 2 N–H and O–H groups in total. The molecule has 1 atom stereocenters. The zero-order valence-electron chi connectivity index (χ0n) is 9.89. The molecule has 0 amide bonds. The summed E-state index contributed by atoms with van der Waals surface area (Å²) in [5, 5.41) is 12.1. The van der Waals surface area contributed by atoms with Crippen molar-refractivity contribution in [3.05, 3.63) is 0 Å². The van der Waals surface area contributed by atoms with Crippen molar-refractivity contribution in [1.82, 2.24) is 5.32 Å². The molecule has 0 aliphatic rings. The number of rotatable bonds is 10. The molecule has 0 aliphatic carbocycles. The molecule has 2 nitrogen and oxygen atoms in total. The fraction of sp³-hybridized carbons (Fsp3) is 1.00. The molecule has 0 aromatic carbocycles. The van der Waals surface area contributed by atoms with E-state index in [2.05, 4.69) is 19.2 Å². The van der Waals surface area contributed by atoms with Crippen LogP contribution in [0.1, 0.15) is 58.8 Å². The first-order chi connectivity index (χ1) is 6.81. The van der Waals surface area contributed by atoms with E-state index < -0.39 is 0 Å². The van der Waals surface area contributed by atoms with Gasteiger partial charge in [0.05, 0.1) is 0 Å². The molecule has 14 heavy (non-hydrogen) atoms. The topological polar surface area (TPSA) is 32.3 Å². The van der Waals surface area contributed by atoms with Gasteiger partial charge in [-0.1, -0.05) is 32.6 Å². The number of unbranched alkanes of at least 4 members (excludes halogenated alkanes) is 4. The van der Waals surface area contributed by atoms with Gasteiger partial charge in [-0.3, -0.25) is 0 Å². The van der Waals surface area contributed by atoms with E-state index in [9.17, 15) is 0 Å². The van der Waals surface area contributed by atoms with Gasteiger partial charge in [-0.2, -0.15) is 0 Å². The molecule has 0 spiro atoms. The Morgan fingerprint density at radius 1 is 1.07 bits per heavy atom. The predicted molar refractivity (Wildman–Crippen MR) is 62.5 cm³/mol. The predicted octanol–water partition coefficient (Wildman–Crippen LogP) is 2.71. The lowest BCUT2D eigenvalue weighted by Crippen LogP contribution is -2.27. The molecule has 0 saturated carbocycles. The lowest BCUT2D eigenvalue weighted by Gasteiger charge is -2.12. The van der Waals surface area contributed by atoms with E-state index in [1.54, 1.807) is 0 Å². The lowest BCUT2D eigenvalue weighted by atomic mass is 10.1. The molecule has 86 valence electrons. The Balaban J connectivity index is 3.02. The second kappa shape index (κ2) is 11.0. The average molecular weight is 201 g/mol. The van der Waals surface area contributed by atoms with E-state index in [0.29, 0.717) is 12.6 Å². The van der Waals surface area contributed by atoms with E-state index >= 15 is 0 Å². The van der Waals surface area contributed by atoms with Gasteiger partial charge in [-0.15, -0.1) is 0 Å². The minimum absolute atomic E-state index is 0.322. The van der Waals surface area contributed by atoms with Crippen molar-refractivity contribution >= 4 is 0 Å². The number of aliphatic hydroxyl groups is 1. The first kappa shape index (κ1) is 13.9. The SMILES string of the molecule is CCCCCCCNC(C)CCCO. The molecule has 0 aromatic heterocycles. The molecule has 1 unspecified atom stereocenters. The van der Waals surface area contributed by atoms with Crippen LogP contribution in [0.3, 0.4) is 0 Å². The largest absolute Gasteiger partial charge is 0.396 e. The van der Waals surface area contributed by atoms with Crippen LogP contribution in [0.25, 0.3) is 0 Å². The molecule has 2 heteroatoms. The van der Waals surface area contributed by atoms with Crippen LogP contribution in [-0.2, 0) is 0 Å². The van der Waals surface area contributed by atoms with Crippen molar-refractivity contribution in [2.75, 3.05) is 13.2 Å². The Labute approximate surface area is 89.1 Å². The van der Waals surface area contributed by atoms with Crippen LogP contribution in [-0.4, -0.2) is 24.3 Å². The summed E-state index contributed by atoms with van der Waals surface area (Å²) >= 11 is 0. The summed E-state index contributed by atoms with van der Waals surface area (Å²) in [5.74, 6) is 0. The van der Waals surface area contributed by atoms with Gasteiger partial charge in [-0.05, 0) is 32.7 Å². The first-order valence-electron chi connectivity index (χ1n) is 6.15. The van der Waals surface area contributed by atoms with E-state index in [1.807, 2.05) is 0 Å². The third kappa shape index (κ3) is 10.0. The smallest absolute Gasteiger partial charge is 0.0431 e. The third-order valence-corrected chi connectivity index (χ3v) is 2.57.